The van der Waals surface area contributed by atoms with Crippen molar-refractivity contribution in [2.75, 3.05) is 13.7 Å². The number of nitro benzene ring substituents is 1. The molecule has 0 aromatic heterocycles. The van der Waals surface area contributed by atoms with Gasteiger partial charge in [-0.2, -0.15) is 0 Å². The Balaban J connectivity index is 1.83. The number of esters is 1. The van der Waals surface area contributed by atoms with Crippen LogP contribution in [0.1, 0.15) is 41.6 Å². The lowest BCUT2D eigenvalue weighted by atomic mass is 9.74. The molecule has 1 fully saturated rings. The van der Waals surface area contributed by atoms with E-state index in [1.807, 2.05) is 0 Å². The number of non-ortho nitro benzene ring substituents is 1. The average Bonchev–Trinajstić information content (AvgIpc) is 2.78. The van der Waals surface area contributed by atoms with Crippen LogP contribution in [-0.2, 0) is 19.9 Å². The Labute approximate surface area is 194 Å². The molecule has 0 saturated heterocycles. The van der Waals surface area contributed by atoms with Gasteiger partial charge < -0.3 is 9.64 Å². The Kier molecular flexibility index (Phi) is 7.16. The van der Waals surface area contributed by atoms with Crippen LogP contribution >= 0.6 is 23.2 Å². The molecule has 1 saturated carbocycles. The third-order valence-corrected chi connectivity index (χ3v) is 6.29. The second-order valence-corrected chi connectivity index (χ2v) is 8.23. The predicted octanol–water partition coefficient (Wildman–Crippen LogP) is 4.56. The summed E-state index contributed by atoms with van der Waals surface area (Å²) in [6.07, 6.45) is 2.12. The first kappa shape index (κ1) is 23.7. The van der Waals surface area contributed by atoms with Crippen molar-refractivity contribution in [1.29, 1.82) is 0 Å². The molecular formula is C22H20Cl2N2O6. The van der Waals surface area contributed by atoms with Gasteiger partial charge in [0.25, 0.3) is 11.6 Å². The van der Waals surface area contributed by atoms with Crippen LogP contribution in [0.15, 0.2) is 42.5 Å². The van der Waals surface area contributed by atoms with Gasteiger partial charge in [0.05, 0.1) is 15.5 Å². The van der Waals surface area contributed by atoms with Crippen molar-refractivity contribution in [2.24, 2.45) is 0 Å². The van der Waals surface area contributed by atoms with E-state index in [1.165, 1.54) is 18.0 Å². The molecule has 0 aliphatic heterocycles. The number of nitrogens with zero attached hydrogens (tertiary/aromatic N) is 2. The van der Waals surface area contributed by atoms with Crippen LogP contribution in [0.5, 0.6) is 0 Å². The molecule has 168 valence electrons. The van der Waals surface area contributed by atoms with Gasteiger partial charge in [-0.05, 0) is 31.4 Å². The standard InChI is InChI=1S/C22H20Cl2N2O6/c1-25(22(11-5-4-8-19(22)27)16-6-2-3-7-18(16)24)20(28)13-32-21(29)15-12-14(26(30)31)9-10-17(15)23/h2-3,6-7,9-10,12H,4-5,8,11,13H2,1H3. The largest absolute Gasteiger partial charge is 0.452 e. The summed E-state index contributed by atoms with van der Waals surface area (Å²) in [5, 5.41) is 11.3. The van der Waals surface area contributed by atoms with Gasteiger partial charge in [-0.25, -0.2) is 4.79 Å². The fourth-order valence-corrected chi connectivity index (χ4v) is 4.41. The maximum Gasteiger partial charge on any atom is 0.340 e. The molecule has 2 aromatic carbocycles. The second kappa shape index (κ2) is 9.67. The maximum atomic E-state index is 13.1. The van der Waals surface area contributed by atoms with Crippen LogP contribution in [0.3, 0.4) is 0 Å². The molecule has 1 atom stereocenters. The Morgan fingerprint density at radius 3 is 2.53 bits per heavy atom. The third kappa shape index (κ3) is 4.47. The van der Waals surface area contributed by atoms with E-state index in [9.17, 15) is 24.5 Å². The number of ether oxygens (including phenoxy) is 1. The van der Waals surface area contributed by atoms with Crippen molar-refractivity contribution in [3.8, 4) is 0 Å². The highest BCUT2D eigenvalue weighted by atomic mass is 35.5. The molecule has 2 aromatic rings. The highest BCUT2D eigenvalue weighted by molar-refractivity contribution is 6.33. The van der Waals surface area contributed by atoms with E-state index in [0.29, 0.717) is 29.8 Å². The number of halogens is 2. The first-order chi connectivity index (χ1) is 15.2. The molecule has 0 bridgehead atoms. The number of hydrogen-bond donors (Lipinski definition) is 0. The normalized spacial score (nSPS) is 18.2. The Bertz CT molecular complexity index is 1090. The lowest BCUT2D eigenvalue weighted by Crippen LogP contribution is -2.55. The smallest absolute Gasteiger partial charge is 0.340 e. The van der Waals surface area contributed by atoms with Gasteiger partial charge in [0, 0.05) is 36.2 Å². The molecule has 10 heteroatoms. The van der Waals surface area contributed by atoms with Crippen LogP contribution in [-0.4, -0.2) is 41.1 Å². The number of ketones is 1. The highest BCUT2D eigenvalue weighted by Gasteiger charge is 2.48. The van der Waals surface area contributed by atoms with E-state index < -0.39 is 28.9 Å². The maximum absolute atomic E-state index is 13.1. The summed E-state index contributed by atoms with van der Waals surface area (Å²) in [6, 6.07) is 10.2. The lowest BCUT2D eigenvalue weighted by Gasteiger charge is -2.43. The number of amides is 1. The molecule has 32 heavy (non-hydrogen) atoms. The molecule has 0 radical (unpaired) electrons. The zero-order chi connectivity index (χ0) is 23.5. The minimum Gasteiger partial charge on any atom is -0.452 e. The van der Waals surface area contributed by atoms with Crippen molar-refractivity contribution in [3.63, 3.8) is 0 Å². The van der Waals surface area contributed by atoms with Gasteiger partial charge in [-0.1, -0.05) is 41.4 Å². The zero-order valence-electron chi connectivity index (χ0n) is 17.2. The van der Waals surface area contributed by atoms with Gasteiger partial charge in [-0.15, -0.1) is 0 Å². The Hall–Kier alpha value is -2.97. The van der Waals surface area contributed by atoms with Crippen molar-refractivity contribution >= 4 is 46.5 Å². The summed E-state index contributed by atoms with van der Waals surface area (Å²) in [7, 11) is 1.48. The van der Waals surface area contributed by atoms with Crippen LogP contribution < -0.4 is 0 Å². The molecule has 0 heterocycles. The molecule has 8 nitrogen and oxygen atoms in total. The summed E-state index contributed by atoms with van der Waals surface area (Å²) in [5.41, 5.74) is -1.31. The quantitative estimate of drug-likeness (QED) is 0.342. The fourth-order valence-electron chi connectivity index (χ4n) is 3.93. The van der Waals surface area contributed by atoms with E-state index in [-0.39, 0.29) is 22.1 Å². The fraction of sp³-hybridized carbons (Fsp3) is 0.318. The zero-order valence-corrected chi connectivity index (χ0v) is 18.7. The second-order valence-electron chi connectivity index (χ2n) is 7.42. The van der Waals surface area contributed by atoms with Crippen molar-refractivity contribution in [1.82, 2.24) is 4.90 Å². The molecule has 0 N–H and O–H groups in total. The molecule has 1 unspecified atom stereocenters. The van der Waals surface area contributed by atoms with Crippen LogP contribution in [0.4, 0.5) is 5.69 Å². The Morgan fingerprint density at radius 1 is 1.16 bits per heavy atom. The number of carbonyl (C=O) groups is 3. The molecule has 0 spiro atoms. The van der Waals surface area contributed by atoms with Crippen LogP contribution in [0, 0.1) is 10.1 Å². The molecule has 1 aliphatic carbocycles. The van der Waals surface area contributed by atoms with Crippen LogP contribution in [0.25, 0.3) is 0 Å². The summed E-state index contributed by atoms with van der Waals surface area (Å²) in [5.74, 6) is -1.74. The molecule has 3 rings (SSSR count). The van der Waals surface area contributed by atoms with Gasteiger partial charge in [-0.3, -0.25) is 19.7 Å². The van der Waals surface area contributed by atoms with Gasteiger partial charge in [0.15, 0.2) is 12.4 Å². The summed E-state index contributed by atoms with van der Waals surface area (Å²) in [4.78, 5) is 50.0. The number of benzene rings is 2. The minimum atomic E-state index is -1.26. The van der Waals surface area contributed by atoms with Gasteiger partial charge >= 0.3 is 5.97 Å². The van der Waals surface area contributed by atoms with Crippen molar-refractivity contribution in [3.05, 3.63) is 73.8 Å². The number of carbonyl (C=O) groups excluding carboxylic acids is 3. The molecular weight excluding hydrogens is 459 g/mol. The first-order valence-corrected chi connectivity index (χ1v) is 10.6. The molecule has 1 aliphatic rings. The van der Waals surface area contributed by atoms with E-state index in [2.05, 4.69) is 0 Å². The van der Waals surface area contributed by atoms with E-state index in [1.54, 1.807) is 24.3 Å². The van der Waals surface area contributed by atoms with Crippen molar-refractivity contribution in [2.45, 2.75) is 31.2 Å². The number of rotatable bonds is 6. The van der Waals surface area contributed by atoms with Crippen molar-refractivity contribution < 1.29 is 24.0 Å². The number of Topliss-reactive ketones (excluding diaryl/α,β-unsaturated/α-hetero) is 1. The van der Waals surface area contributed by atoms with Gasteiger partial charge in [0.1, 0.15) is 5.54 Å². The number of hydrogen-bond acceptors (Lipinski definition) is 6. The third-order valence-electron chi connectivity index (χ3n) is 5.63. The predicted molar refractivity (Wildman–Crippen MR) is 118 cm³/mol. The topological polar surface area (TPSA) is 107 Å². The SMILES string of the molecule is CN(C(=O)COC(=O)c1cc([N+](=O)[O-])ccc1Cl)C1(c2ccccc2Cl)CCCCC1=O. The molecule has 1 amide bonds. The first-order valence-electron chi connectivity index (χ1n) is 9.84. The van der Waals surface area contributed by atoms with Crippen LogP contribution in [0.2, 0.25) is 10.0 Å². The van der Waals surface area contributed by atoms with E-state index in [0.717, 1.165) is 18.6 Å². The summed E-state index contributed by atoms with van der Waals surface area (Å²) >= 11 is 12.3. The summed E-state index contributed by atoms with van der Waals surface area (Å²) in [6.45, 7) is -0.673. The number of nitro groups is 1. The average molecular weight is 479 g/mol. The van der Waals surface area contributed by atoms with Gasteiger partial charge in [0.2, 0.25) is 0 Å². The lowest BCUT2D eigenvalue weighted by molar-refractivity contribution is -0.384. The summed E-state index contributed by atoms with van der Waals surface area (Å²) < 4.78 is 5.08. The van der Waals surface area contributed by atoms with E-state index in [4.69, 9.17) is 27.9 Å². The number of likely N-dealkylation sites (N-methyl/N-ethyl adjacent to an activating group) is 1. The monoisotopic (exact) mass is 478 g/mol. The Morgan fingerprint density at radius 2 is 1.88 bits per heavy atom. The highest BCUT2D eigenvalue weighted by Crippen LogP contribution is 2.42. The van der Waals surface area contributed by atoms with E-state index >= 15 is 0 Å². The minimum absolute atomic E-state index is 0.0450.